The van der Waals surface area contributed by atoms with Gasteiger partial charge < -0.3 is 4.43 Å². The molecular weight excluding hydrogens is 224 g/mol. The van der Waals surface area contributed by atoms with E-state index in [9.17, 15) is 0 Å². The normalized spacial score (nSPS) is 25.6. The summed E-state index contributed by atoms with van der Waals surface area (Å²) in [4.78, 5) is 0. The van der Waals surface area contributed by atoms with E-state index in [4.69, 9.17) is 4.43 Å². The van der Waals surface area contributed by atoms with Gasteiger partial charge in [0.15, 0.2) is 8.32 Å². The topological polar surface area (TPSA) is 9.23 Å². The third-order valence-electron chi connectivity index (χ3n) is 4.21. The van der Waals surface area contributed by atoms with Crippen molar-refractivity contribution in [3.05, 3.63) is 11.6 Å². The molecule has 0 aromatic carbocycles. The van der Waals surface area contributed by atoms with Gasteiger partial charge in [-0.3, -0.25) is 0 Å². The maximum Gasteiger partial charge on any atom is 0.192 e. The van der Waals surface area contributed by atoms with Crippen molar-refractivity contribution in [1.29, 1.82) is 0 Å². The Labute approximate surface area is 109 Å². The van der Waals surface area contributed by atoms with Crippen molar-refractivity contribution >= 4 is 8.32 Å². The number of hydrogen-bond donors (Lipinski definition) is 0. The molecule has 0 spiro atoms. The van der Waals surface area contributed by atoms with Crippen LogP contribution < -0.4 is 0 Å². The minimum atomic E-state index is -1.61. The molecule has 0 saturated heterocycles. The molecule has 1 atom stereocenters. The lowest BCUT2D eigenvalue weighted by atomic mass is 9.79. The predicted octanol–water partition coefficient (Wildman–Crippen LogP) is 5.14. The molecule has 17 heavy (non-hydrogen) atoms. The first kappa shape index (κ1) is 15.0. The van der Waals surface area contributed by atoms with Gasteiger partial charge in [0.25, 0.3) is 0 Å². The van der Waals surface area contributed by atoms with Crippen LogP contribution >= 0.6 is 0 Å². The van der Waals surface area contributed by atoms with Crippen LogP contribution in [0.2, 0.25) is 18.1 Å². The van der Waals surface area contributed by atoms with Gasteiger partial charge in [-0.25, -0.2) is 0 Å². The second-order valence-electron chi connectivity index (χ2n) is 7.89. The quantitative estimate of drug-likeness (QED) is 0.489. The minimum Gasteiger partial charge on any atom is -0.414 e. The molecule has 0 aliphatic heterocycles. The van der Waals surface area contributed by atoms with E-state index in [0.29, 0.717) is 16.6 Å². The Bertz CT molecular complexity index is 307. The number of rotatable bonds is 2. The molecule has 0 N–H and O–H groups in total. The molecule has 0 aromatic heterocycles. The summed E-state index contributed by atoms with van der Waals surface area (Å²) in [5.74, 6) is 0. The van der Waals surface area contributed by atoms with Crippen LogP contribution in [0.4, 0.5) is 0 Å². The first-order valence-corrected chi connectivity index (χ1v) is 9.70. The monoisotopic (exact) mass is 254 g/mol. The predicted molar refractivity (Wildman–Crippen MR) is 78.8 cm³/mol. The van der Waals surface area contributed by atoms with E-state index in [2.05, 4.69) is 60.7 Å². The largest absolute Gasteiger partial charge is 0.414 e. The van der Waals surface area contributed by atoms with E-state index in [1.165, 1.54) is 5.57 Å². The highest BCUT2D eigenvalue weighted by molar-refractivity contribution is 6.74. The fourth-order valence-corrected chi connectivity index (χ4v) is 3.83. The van der Waals surface area contributed by atoms with Gasteiger partial charge in [0, 0.05) is 6.10 Å². The summed E-state index contributed by atoms with van der Waals surface area (Å²) >= 11 is 0. The molecule has 1 unspecified atom stereocenters. The maximum absolute atomic E-state index is 6.55. The fourth-order valence-electron chi connectivity index (χ4n) is 2.48. The molecule has 0 aromatic rings. The lowest BCUT2D eigenvalue weighted by Crippen LogP contribution is -2.45. The summed E-state index contributed by atoms with van der Waals surface area (Å²) < 4.78 is 6.55. The molecule has 2 heteroatoms. The van der Waals surface area contributed by atoms with Crippen LogP contribution in [-0.4, -0.2) is 14.4 Å². The molecule has 0 saturated carbocycles. The SMILES string of the molecule is CC1=CC(C)(C)CC(O[Si](C)(C)C(C)(C)C)C1. The van der Waals surface area contributed by atoms with E-state index in [1.54, 1.807) is 0 Å². The molecule has 1 aliphatic rings. The number of allylic oxidation sites excluding steroid dienone is 1. The Morgan fingerprint density at radius 1 is 1.29 bits per heavy atom. The van der Waals surface area contributed by atoms with Gasteiger partial charge in [0.2, 0.25) is 0 Å². The van der Waals surface area contributed by atoms with E-state index in [-0.39, 0.29) is 0 Å². The van der Waals surface area contributed by atoms with E-state index >= 15 is 0 Å². The van der Waals surface area contributed by atoms with Crippen molar-refractivity contribution < 1.29 is 4.43 Å². The zero-order valence-electron chi connectivity index (χ0n) is 13.0. The minimum absolute atomic E-state index is 0.301. The van der Waals surface area contributed by atoms with E-state index in [0.717, 1.165) is 12.8 Å². The molecular formula is C15H30OSi. The molecule has 0 fully saturated rings. The van der Waals surface area contributed by atoms with Crippen molar-refractivity contribution in [3.63, 3.8) is 0 Å². The van der Waals surface area contributed by atoms with Crippen LogP contribution in [0.25, 0.3) is 0 Å². The van der Waals surface area contributed by atoms with Gasteiger partial charge >= 0.3 is 0 Å². The Morgan fingerprint density at radius 3 is 2.24 bits per heavy atom. The summed E-state index contributed by atoms with van der Waals surface area (Å²) in [6.45, 7) is 18.5. The first-order chi connectivity index (χ1) is 7.43. The highest BCUT2D eigenvalue weighted by Crippen LogP contribution is 2.41. The average molecular weight is 254 g/mol. The van der Waals surface area contributed by atoms with Crippen molar-refractivity contribution in [2.75, 3.05) is 0 Å². The lowest BCUT2D eigenvalue weighted by molar-refractivity contribution is 0.128. The van der Waals surface area contributed by atoms with Crippen molar-refractivity contribution in [3.8, 4) is 0 Å². The second-order valence-corrected chi connectivity index (χ2v) is 12.6. The second kappa shape index (κ2) is 4.54. The van der Waals surface area contributed by atoms with Gasteiger partial charge in [-0.05, 0) is 43.3 Å². The Kier molecular flexibility index (Phi) is 4.00. The Hall–Kier alpha value is -0.0831. The summed E-state index contributed by atoms with van der Waals surface area (Å²) in [6, 6.07) is 0. The maximum atomic E-state index is 6.55. The molecule has 0 bridgehead atoms. The Morgan fingerprint density at radius 2 is 1.82 bits per heavy atom. The number of hydrogen-bond acceptors (Lipinski definition) is 1. The summed E-state index contributed by atoms with van der Waals surface area (Å²) in [6.07, 6.45) is 5.13. The highest BCUT2D eigenvalue weighted by Gasteiger charge is 2.40. The van der Waals surface area contributed by atoms with Crippen LogP contribution in [0.5, 0.6) is 0 Å². The van der Waals surface area contributed by atoms with Crippen molar-refractivity contribution in [2.24, 2.45) is 5.41 Å². The van der Waals surface area contributed by atoms with Crippen molar-refractivity contribution in [2.45, 2.75) is 78.6 Å². The zero-order chi connectivity index (χ0) is 13.5. The molecule has 1 nitrogen and oxygen atoms in total. The smallest absolute Gasteiger partial charge is 0.192 e. The van der Waals surface area contributed by atoms with Crippen LogP contribution in [0.15, 0.2) is 11.6 Å². The molecule has 1 aliphatic carbocycles. The van der Waals surface area contributed by atoms with Crippen LogP contribution in [0, 0.1) is 5.41 Å². The van der Waals surface area contributed by atoms with E-state index in [1.807, 2.05) is 0 Å². The first-order valence-electron chi connectivity index (χ1n) is 6.79. The summed E-state index contributed by atoms with van der Waals surface area (Å²) in [5.41, 5.74) is 1.79. The van der Waals surface area contributed by atoms with Gasteiger partial charge in [-0.2, -0.15) is 0 Å². The fraction of sp³-hybridized carbons (Fsp3) is 0.867. The van der Waals surface area contributed by atoms with Gasteiger partial charge in [-0.1, -0.05) is 46.3 Å². The van der Waals surface area contributed by atoms with Gasteiger partial charge in [-0.15, -0.1) is 0 Å². The summed E-state index contributed by atoms with van der Waals surface area (Å²) in [7, 11) is -1.61. The standard InChI is InChI=1S/C15H30OSi/c1-12-9-13(11-15(5,6)10-12)16-17(7,8)14(2,3)4/h10,13H,9,11H2,1-8H3. The third-order valence-corrected chi connectivity index (χ3v) is 8.74. The van der Waals surface area contributed by atoms with Crippen LogP contribution in [0.3, 0.4) is 0 Å². The molecule has 100 valence electrons. The van der Waals surface area contributed by atoms with Crippen LogP contribution in [0.1, 0.15) is 54.4 Å². The average Bonchev–Trinajstić information content (AvgIpc) is 1.94. The molecule has 0 heterocycles. The molecule has 0 amide bonds. The zero-order valence-corrected chi connectivity index (χ0v) is 14.0. The highest BCUT2D eigenvalue weighted by atomic mass is 28.4. The molecule has 0 radical (unpaired) electrons. The third kappa shape index (κ3) is 3.96. The van der Waals surface area contributed by atoms with E-state index < -0.39 is 8.32 Å². The van der Waals surface area contributed by atoms with Crippen molar-refractivity contribution in [1.82, 2.24) is 0 Å². The van der Waals surface area contributed by atoms with Gasteiger partial charge in [0.1, 0.15) is 0 Å². The Balaban J connectivity index is 2.75. The van der Waals surface area contributed by atoms with Crippen LogP contribution in [-0.2, 0) is 4.43 Å². The molecule has 1 rings (SSSR count). The summed E-state index contributed by atoms with van der Waals surface area (Å²) in [5, 5.41) is 0.312. The lowest BCUT2D eigenvalue weighted by Gasteiger charge is -2.42. The van der Waals surface area contributed by atoms with Gasteiger partial charge in [0.05, 0.1) is 0 Å².